The third kappa shape index (κ3) is 3.45. The molecule has 2 nitrogen and oxygen atoms in total. The van der Waals surface area contributed by atoms with Crippen LogP contribution in [0.15, 0.2) is 121 Å². The molecule has 1 aliphatic heterocycles. The summed E-state index contributed by atoms with van der Waals surface area (Å²) in [6, 6.07) is 40.0. The van der Waals surface area contributed by atoms with Gasteiger partial charge in [0, 0.05) is 16.7 Å². The summed E-state index contributed by atoms with van der Waals surface area (Å²) in [7, 11) is 1.70. The maximum Gasteiger partial charge on any atom is 0.178 e. The molecule has 1 heterocycles. The highest BCUT2D eigenvalue weighted by Gasteiger charge is 2.36. The van der Waals surface area contributed by atoms with Crippen molar-refractivity contribution in [1.82, 2.24) is 0 Å². The molecule has 0 unspecified atom stereocenters. The van der Waals surface area contributed by atoms with Gasteiger partial charge in [0.2, 0.25) is 0 Å². The van der Waals surface area contributed by atoms with Gasteiger partial charge in [-0.25, -0.2) is 0 Å². The fourth-order valence-electron chi connectivity index (χ4n) is 4.74. The van der Waals surface area contributed by atoms with Crippen LogP contribution in [0.25, 0.3) is 28.0 Å². The van der Waals surface area contributed by atoms with Gasteiger partial charge in [0.05, 0.1) is 7.11 Å². The largest absolute Gasteiger partial charge is 0.497 e. The molecule has 0 amide bonds. The van der Waals surface area contributed by atoms with E-state index < -0.39 is 5.60 Å². The highest BCUT2D eigenvalue weighted by Crippen LogP contribution is 2.43. The van der Waals surface area contributed by atoms with Gasteiger partial charge in [0.25, 0.3) is 0 Å². The van der Waals surface area contributed by atoms with E-state index in [1.807, 2.05) is 18.2 Å². The number of hydrogen-bond acceptors (Lipinski definition) is 2. The molecule has 2 heteroatoms. The summed E-state index contributed by atoms with van der Waals surface area (Å²) in [5, 5.41) is 2.36. The normalized spacial score (nSPS) is 13.8. The minimum atomic E-state index is -0.654. The van der Waals surface area contributed by atoms with Gasteiger partial charge in [-0.05, 0) is 58.3 Å². The van der Waals surface area contributed by atoms with E-state index in [1.54, 1.807) is 7.11 Å². The second-order valence-corrected chi connectivity index (χ2v) is 8.58. The van der Waals surface area contributed by atoms with Crippen LogP contribution in [0.3, 0.4) is 0 Å². The minimum absolute atomic E-state index is 0.654. The molecule has 164 valence electrons. The molecule has 5 aromatic carbocycles. The van der Waals surface area contributed by atoms with Gasteiger partial charge in [0.1, 0.15) is 11.5 Å². The van der Waals surface area contributed by atoms with E-state index in [9.17, 15) is 0 Å². The topological polar surface area (TPSA) is 18.5 Å². The molecule has 34 heavy (non-hydrogen) atoms. The van der Waals surface area contributed by atoms with Gasteiger partial charge in [-0.15, -0.1) is 0 Å². The van der Waals surface area contributed by atoms with E-state index in [1.165, 1.54) is 16.3 Å². The second kappa shape index (κ2) is 8.24. The maximum atomic E-state index is 6.78. The Hall–Kier alpha value is -4.30. The Labute approximate surface area is 199 Å². The first-order valence-electron chi connectivity index (χ1n) is 11.5. The minimum Gasteiger partial charge on any atom is -0.497 e. The zero-order valence-corrected chi connectivity index (χ0v) is 18.9. The van der Waals surface area contributed by atoms with Crippen LogP contribution in [0.4, 0.5) is 0 Å². The number of hydrogen-bond donors (Lipinski definition) is 0. The first-order valence-corrected chi connectivity index (χ1v) is 11.5. The molecule has 0 aromatic heterocycles. The Morgan fingerprint density at radius 3 is 1.94 bits per heavy atom. The van der Waals surface area contributed by atoms with Crippen LogP contribution in [-0.2, 0) is 5.60 Å². The summed E-state index contributed by atoms with van der Waals surface area (Å²) in [5.41, 5.74) is 4.98. The molecule has 0 saturated heterocycles. The predicted octanol–water partition coefficient (Wildman–Crippen LogP) is 7.86. The average molecular weight is 441 g/mol. The zero-order valence-electron chi connectivity index (χ0n) is 18.9. The molecule has 0 fully saturated rings. The van der Waals surface area contributed by atoms with E-state index in [0.717, 1.165) is 33.8 Å². The second-order valence-electron chi connectivity index (χ2n) is 8.58. The summed E-state index contributed by atoms with van der Waals surface area (Å²) < 4.78 is 12.1. The molecule has 0 bridgehead atoms. The smallest absolute Gasteiger partial charge is 0.178 e. The number of benzene rings is 5. The van der Waals surface area contributed by atoms with Crippen LogP contribution in [0.5, 0.6) is 11.5 Å². The van der Waals surface area contributed by atoms with Gasteiger partial charge in [-0.3, -0.25) is 0 Å². The molecular formula is C32H24O2. The summed E-state index contributed by atoms with van der Waals surface area (Å²) in [6.07, 6.45) is 4.37. The lowest BCUT2D eigenvalue weighted by Crippen LogP contribution is -2.34. The van der Waals surface area contributed by atoms with Crippen molar-refractivity contribution in [2.75, 3.05) is 7.11 Å². The van der Waals surface area contributed by atoms with Gasteiger partial charge < -0.3 is 9.47 Å². The van der Waals surface area contributed by atoms with Crippen LogP contribution < -0.4 is 9.47 Å². The lowest BCUT2D eigenvalue weighted by Gasteiger charge is -2.36. The zero-order chi connectivity index (χ0) is 23.0. The van der Waals surface area contributed by atoms with Gasteiger partial charge in [-0.1, -0.05) is 91.0 Å². The summed E-state index contributed by atoms with van der Waals surface area (Å²) in [5.74, 6) is 1.75. The first kappa shape index (κ1) is 20.3. The fraction of sp³-hybridized carbons (Fsp3) is 0.0625. The van der Waals surface area contributed by atoms with E-state index in [4.69, 9.17) is 9.47 Å². The fourth-order valence-corrected chi connectivity index (χ4v) is 4.74. The quantitative estimate of drug-likeness (QED) is 0.283. The highest BCUT2D eigenvalue weighted by molar-refractivity contribution is 5.89. The Morgan fingerprint density at radius 2 is 1.24 bits per heavy atom. The van der Waals surface area contributed by atoms with E-state index >= 15 is 0 Å². The van der Waals surface area contributed by atoms with Crippen LogP contribution in [0.2, 0.25) is 0 Å². The molecule has 5 aromatic rings. The number of ether oxygens (including phenoxy) is 2. The summed E-state index contributed by atoms with van der Waals surface area (Å²) in [4.78, 5) is 0. The van der Waals surface area contributed by atoms with Crippen molar-refractivity contribution in [3.63, 3.8) is 0 Å². The van der Waals surface area contributed by atoms with Crippen LogP contribution >= 0.6 is 0 Å². The first-order chi connectivity index (χ1) is 16.7. The number of fused-ring (bicyclic) bond motifs is 2. The summed E-state index contributed by atoms with van der Waals surface area (Å²) >= 11 is 0. The maximum absolute atomic E-state index is 6.78. The molecule has 0 aliphatic carbocycles. The predicted molar refractivity (Wildman–Crippen MR) is 139 cm³/mol. The Balaban J connectivity index is 1.41. The molecule has 1 aliphatic rings. The third-order valence-corrected chi connectivity index (χ3v) is 6.56. The molecule has 6 rings (SSSR count). The van der Waals surface area contributed by atoms with Crippen LogP contribution in [-0.4, -0.2) is 7.11 Å². The highest BCUT2D eigenvalue weighted by atomic mass is 16.5. The molecular weight excluding hydrogens is 416 g/mol. The monoisotopic (exact) mass is 440 g/mol. The SMILES string of the molecule is COc1ccc2cc(-c3ccc4c(c3)C=CC(c3ccccc3)(c3ccccc3)O4)ccc2c1. The standard InChI is InChI=1S/C32H24O2/c1-33-30-16-14-24-20-23(12-13-26(24)22-30)25-15-17-31-27(21-25)18-19-32(34-31,28-8-4-2-5-9-28)29-10-6-3-7-11-29/h2-22H,1H3. The summed E-state index contributed by atoms with van der Waals surface area (Å²) in [6.45, 7) is 0. The van der Waals surface area contributed by atoms with E-state index in [2.05, 4.69) is 109 Å². The van der Waals surface area contributed by atoms with Gasteiger partial charge in [-0.2, -0.15) is 0 Å². The number of methoxy groups -OCH3 is 1. The van der Waals surface area contributed by atoms with Crippen molar-refractivity contribution < 1.29 is 9.47 Å². The van der Waals surface area contributed by atoms with E-state index in [0.29, 0.717) is 0 Å². The molecule has 0 spiro atoms. The Morgan fingerprint density at radius 1 is 0.618 bits per heavy atom. The van der Waals surface area contributed by atoms with Crippen LogP contribution in [0.1, 0.15) is 16.7 Å². The van der Waals surface area contributed by atoms with Crippen molar-refractivity contribution in [3.05, 3.63) is 138 Å². The van der Waals surface area contributed by atoms with Crippen LogP contribution in [0, 0.1) is 0 Å². The van der Waals surface area contributed by atoms with Gasteiger partial charge >= 0.3 is 0 Å². The lowest BCUT2D eigenvalue weighted by atomic mass is 9.83. The number of rotatable bonds is 4. The van der Waals surface area contributed by atoms with Crippen molar-refractivity contribution >= 4 is 16.8 Å². The molecule has 0 atom stereocenters. The van der Waals surface area contributed by atoms with Crippen molar-refractivity contribution in [2.24, 2.45) is 0 Å². The molecule has 0 N–H and O–H groups in total. The average Bonchev–Trinajstić information content (AvgIpc) is 2.92. The Kier molecular flexibility index (Phi) is 4.92. The van der Waals surface area contributed by atoms with Crippen molar-refractivity contribution in [2.45, 2.75) is 5.60 Å². The van der Waals surface area contributed by atoms with Crippen molar-refractivity contribution in [3.8, 4) is 22.6 Å². The lowest BCUT2D eigenvalue weighted by molar-refractivity contribution is 0.161. The van der Waals surface area contributed by atoms with Gasteiger partial charge in [0.15, 0.2) is 5.60 Å². The van der Waals surface area contributed by atoms with Crippen molar-refractivity contribution in [1.29, 1.82) is 0 Å². The molecule has 0 radical (unpaired) electrons. The Bertz CT molecular complexity index is 1460. The third-order valence-electron chi connectivity index (χ3n) is 6.56. The van der Waals surface area contributed by atoms with E-state index in [-0.39, 0.29) is 0 Å². The molecule has 0 saturated carbocycles.